The molecule has 0 N–H and O–H groups in total. The molecule has 3 nitrogen and oxygen atoms in total. The number of hydrogen-bond acceptors (Lipinski definition) is 3. The SMILES string of the molecule is Cc1ccc2cc3c(cc2c1OCC(C)C)OCO3. The standard InChI is InChI=1S/C16H18O3/c1-10(2)8-17-16-11(3)4-5-12-6-14-15(7-13(12)16)19-9-18-14/h4-7,10H,8-9H2,1-3H3. The monoisotopic (exact) mass is 258 g/mol. The largest absolute Gasteiger partial charge is 0.492 e. The van der Waals surface area contributed by atoms with Crippen LogP contribution in [-0.2, 0) is 0 Å². The second kappa shape index (κ2) is 4.65. The van der Waals surface area contributed by atoms with Crippen LogP contribution in [0.5, 0.6) is 17.2 Å². The lowest BCUT2D eigenvalue weighted by Gasteiger charge is -2.14. The van der Waals surface area contributed by atoms with Crippen molar-refractivity contribution in [3.63, 3.8) is 0 Å². The fourth-order valence-electron chi connectivity index (χ4n) is 2.24. The van der Waals surface area contributed by atoms with Gasteiger partial charge in [-0.1, -0.05) is 26.0 Å². The van der Waals surface area contributed by atoms with E-state index in [0.29, 0.717) is 19.3 Å². The molecule has 0 aromatic heterocycles. The average molecular weight is 258 g/mol. The highest BCUT2D eigenvalue weighted by Crippen LogP contribution is 2.40. The zero-order valence-electron chi connectivity index (χ0n) is 11.5. The van der Waals surface area contributed by atoms with Gasteiger partial charge < -0.3 is 14.2 Å². The van der Waals surface area contributed by atoms with E-state index in [9.17, 15) is 0 Å². The summed E-state index contributed by atoms with van der Waals surface area (Å²) in [5, 5.41) is 2.21. The van der Waals surface area contributed by atoms with E-state index in [1.165, 1.54) is 0 Å². The van der Waals surface area contributed by atoms with Crippen molar-refractivity contribution in [1.82, 2.24) is 0 Å². The van der Waals surface area contributed by atoms with E-state index in [2.05, 4.69) is 32.9 Å². The van der Waals surface area contributed by atoms with E-state index < -0.39 is 0 Å². The van der Waals surface area contributed by atoms with Gasteiger partial charge in [0.15, 0.2) is 11.5 Å². The van der Waals surface area contributed by atoms with E-state index in [0.717, 1.165) is 33.6 Å². The van der Waals surface area contributed by atoms with Crippen molar-refractivity contribution in [2.45, 2.75) is 20.8 Å². The molecule has 0 bridgehead atoms. The maximum absolute atomic E-state index is 5.97. The highest BCUT2D eigenvalue weighted by Gasteiger charge is 2.17. The highest BCUT2D eigenvalue weighted by atomic mass is 16.7. The van der Waals surface area contributed by atoms with Crippen LogP contribution >= 0.6 is 0 Å². The maximum atomic E-state index is 5.97. The van der Waals surface area contributed by atoms with E-state index >= 15 is 0 Å². The lowest BCUT2D eigenvalue weighted by Crippen LogP contribution is -2.05. The quantitative estimate of drug-likeness (QED) is 0.835. The molecule has 0 aliphatic carbocycles. The van der Waals surface area contributed by atoms with E-state index in [-0.39, 0.29) is 0 Å². The zero-order valence-corrected chi connectivity index (χ0v) is 11.5. The van der Waals surface area contributed by atoms with Gasteiger partial charge in [0, 0.05) is 5.39 Å². The van der Waals surface area contributed by atoms with Crippen molar-refractivity contribution in [1.29, 1.82) is 0 Å². The van der Waals surface area contributed by atoms with Crippen molar-refractivity contribution < 1.29 is 14.2 Å². The van der Waals surface area contributed by atoms with Gasteiger partial charge in [-0.05, 0) is 35.9 Å². The molecular formula is C16H18O3. The van der Waals surface area contributed by atoms with Gasteiger partial charge in [-0.25, -0.2) is 0 Å². The van der Waals surface area contributed by atoms with Crippen LogP contribution in [0.2, 0.25) is 0 Å². The van der Waals surface area contributed by atoms with Gasteiger partial charge in [-0.15, -0.1) is 0 Å². The molecule has 100 valence electrons. The second-order valence-electron chi connectivity index (χ2n) is 5.34. The predicted octanol–water partition coefficient (Wildman–Crippen LogP) is 3.91. The molecule has 0 amide bonds. The molecule has 0 atom stereocenters. The second-order valence-corrected chi connectivity index (χ2v) is 5.34. The Morgan fingerprint density at radius 3 is 2.63 bits per heavy atom. The molecule has 0 saturated heterocycles. The first-order valence-electron chi connectivity index (χ1n) is 6.61. The molecule has 2 aromatic rings. The number of fused-ring (bicyclic) bond motifs is 2. The Hall–Kier alpha value is -1.90. The number of ether oxygens (including phenoxy) is 3. The normalized spacial score (nSPS) is 13.3. The number of benzene rings is 2. The average Bonchev–Trinajstić information content (AvgIpc) is 2.82. The Morgan fingerprint density at radius 1 is 1.16 bits per heavy atom. The van der Waals surface area contributed by atoms with Crippen molar-refractivity contribution >= 4 is 10.8 Å². The Kier molecular flexibility index (Phi) is 2.97. The summed E-state index contributed by atoms with van der Waals surface area (Å²) in [6.45, 7) is 7.38. The van der Waals surface area contributed by atoms with Crippen LogP contribution in [0.25, 0.3) is 10.8 Å². The van der Waals surface area contributed by atoms with Crippen LogP contribution in [0.3, 0.4) is 0 Å². The Labute approximate surface area is 113 Å². The molecule has 1 heterocycles. The number of aryl methyl sites for hydroxylation is 1. The van der Waals surface area contributed by atoms with Gasteiger partial charge in [0.05, 0.1) is 6.61 Å². The smallest absolute Gasteiger partial charge is 0.231 e. The fourth-order valence-corrected chi connectivity index (χ4v) is 2.24. The van der Waals surface area contributed by atoms with Crippen molar-refractivity contribution in [3.8, 4) is 17.2 Å². The molecule has 3 heteroatoms. The summed E-state index contributed by atoms with van der Waals surface area (Å²) in [6.07, 6.45) is 0. The van der Waals surface area contributed by atoms with E-state index in [1.54, 1.807) is 0 Å². The fraction of sp³-hybridized carbons (Fsp3) is 0.375. The minimum Gasteiger partial charge on any atom is -0.492 e. The van der Waals surface area contributed by atoms with Crippen LogP contribution in [-0.4, -0.2) is 13.4 Å². The third-order valence-electron chi connectivity index (χ3n) is 3.22. The molecule has 0 radical (unpaired) electrons. The molecule has 1 aliphatic heterocycles. The summed E-state index contributed by atoms with van der Waals surface area (Å²) in [5.41, 5.74) is 1.15. The molecule has 3 rings (SSSR count). The zero-order chi connectivity index (χ0) is 13.4. The molecule has 0 fully saturated rings. The molecule has 1 aliphatic rings. The third kappa shape index (κ3) is 2.21. The van der Waals surface area contributed by atoms with Crippen LogP contribution in [0.15, 0.2) is 24.3 Å². The summed E-state index contributed by atoms with van der Waals surface area (Å²) in [4.78, 5) is 0. The van der Waals surface area contributed by atoms with Crippen LogP contribution < -0.4 is 14.2 Å². The number of hydrogen-bond donors (Lipinski definition) is 0. The number of rotatable bonds is 3. The minimum absolute atomic E-state index is 0.298. The first kappa shape index (κ1) is 12.2. The Morgan fingerprint density at radius 2 is 1.89 bits per heavy atom. The van der Waals surface area contributed by atoms with Gasteiger partial charge in [0.1, 0.15) is 5.75 Å². The molecule has 19 heavy (non-hydrogen) atoms. The van der Waals surface area contributed by atoms with E-state index in [4.69, 9.17) is 14.2 Å². The maximum Gasteiger partial charge on any atom is 0.231 e. The first-order chi connectivity index (χ1) is 9.15. The predicted molar refractivity (Wildman–Crippen MR) is 75.1 cm³/mol. The molecular weight excluding hydrogens is 240 g/mol. The topological polar surface area (TPSA) is 27.7 Å². The first-order valence-corrected chi connectivity index (χ1v) is 6.61. The van der Waals surface area contributed by atoms with Crippen LogP contribution in [0, 0.1) is 12.8 Å². The molecule has 0 saturated carbocycles. The summed E-state index contributed by atoms with van der Waals surface area (Å²) in [5.74, 6) is 3.06. The highest BCUT2D eigenvalue weighted by molar-refractivity contribution is 5.92. The summed E-state index contributed by atoms with van der Waals surface area (Å²) >= 11 is 0. The van der Waals surface area contributed by atoms with Crippen molar-refractivity contribution in [3.05, 3.63) is 29.8 Å². The lowest BCUT2D eigenvalue weighted by molar-refractivity contribution is 0.174. The van der Waals surface area contributed by atoms with Crippen molar-refractivity contribution in [2.75, 3.05) is 13.4 Å². The summed E-state index contributed by atoms with van der Waals surface area (Å²) in [6, 6.07) is 8.20. The minimum atomic E-state index is 0.298. The Bertz CT molecular complexity index is 617. The van der Waals surface area contributed by atoms with Crippen LogP contribution in [0.1, 0.15) is 19.4 Å². The molecule has 0 spiro atoms. The van der Waals surface area contributed by atoms with Gasteiger partial charge in [-0.2, -0.15) is 0 Å². The van der Waals surface area contributed by atoms with E-state index in [1.807, 2.05) is 12.1 Å². The molecule has 2 aromatic carbocycles. The summed E-state index contributed by atoms with van der Waals surface area (Å²) in [7, 11) is 0. The lowest BCUT2D eigenvalue weighted by atomic mass is 10.0. The third-order valence-corrected chi connectivity index (χ3v) is 3.22. The van der Waals surface area contributed by atoms with Gasteiger partial charge in [0.25, 0.3) is 0 Å². The van der Waals surface area contributed by atoms with Gasteiger partial charge in [0.2, 0.25) is 6.79 Å². The van der Waals surface area contributed by atoms with Gasteiger partial charge in [-0.3, -0.25) is 0 Å². The summed E-state index contributed by atoms with van der Waals surface area (Å²) < 4.78 is 16.8. The molecule has 0 unspecified atom stereocenters. The van der Waals surface area contributed by atoms with Gasteiger partial charge >= 0.3 is 0 Å². The Balaban J connectivity index is 2.10. The van der Waals surface area contributed by atoms with Crippen molar-refractivity contribution in [2.24, 2.45) is 5.92 Å². The van der Waals surface area contributed by atoms with Crippen LogP contribution in [0.4, 0.5) is 0 Å².